The molecule has 20 heavy (non-hydrogen) atoms. The van der Waals surface area contributed by atoms with Crippen molar-refractivity contribution in [2.24, 2.45) is 0 Å². The molecule has 0 bridgehead atoms. The van der Waals surface area contributed by atoms with Crippen LogP contribution in [-0.2, 0) is 0 Å². The minimum Gasteiger partial charge on any atom is -0.507 e. The van der Waals surface area contributed by atoms with E-state index in [4.69, 9.17) is 0 Å². The van der Waals surface area contributed by atoms with Gasteiger partial charge in [0.05, 0.1) is 0 Å². The molecule has 0 spiro atoms. The number of phenolic OH excluding ortho intramolecular Hbond substituents is 1. The highest BCUT2D eigenvalue weighted by molar-refractivity contribution is 5.97. The van der Waals surface area contributed by atoms with E-state index < -0.39 is 11.7 Å². The fourth-order valence-electron chi connectivity index (χ4n) is 2.70. The minimum absolute atomic E-state index is 0.216. The molecule has 1 amide bonds. The zero-order valence-electron chi connectivity index (χ0n) is 11.2. The molecule has 2 saturated heterocycles. The molecule has 3 rings (SSSR count). The van der Waals surface area contributed by atoms with Crippen molar-refractivity contribution in [2.45, 2.75) is 6.04 Å². The summed E-state index contributed by atoms with van der Waals surface area (Å²) in [7, 11) is 0. The van der Waals surface area contributed by atoms with Gasteiger partial charge in [0.1, 0.15) is 17.1 Å². The topological polar surface area (TPSA) is 55.8 Å². The van der Waals surface area contributed by atoms with Crippen LogP contribution in [0.3, 0.4) is 0 Å². The van der Waals surface area contributed by atoms with Crippen molar-refractivity contribution in [3.05, 3.63) is 29.6 Å². The van der Waals surface area contributed by atoms with Crippen molar-refractivity contribution in [3.63, 3.8) is 0 Å². The van der Waals surface area contributed by atoms with Gasteiger partial charge < -0.3 is 15.3 Å². The van der Waals surface area contributed by atoms with Crippen LogP contribution in [0.4, 0.5) is 4.39 Å². The molecule has 2 aliphatic rings. The number of nitrogens with zero attached hydrogens (tertiary/aromatic N) is 2. The molecule has 0 unspecified atom stereocenters. The summed E-state index contributed by atoms with van der Waals surface area (Å²) in [5.41, 5.74) is -0.216. The lowest BCUT2D eigenvalue weighted by Gasteiger charge is -2.43. The lowest BCUT2D eigenvalue weighted by molar-refractivity contribution is 0.0496. The van der Waals surface area contributed by atoms with Gasteiger partial charge in [0, 0.05) is 45.3 Å². The van der Waals surface area contributed by atoms with Crippen LogP contribution in [0.25, 0.3) is 0 Å². The molecule has 0 aromatic heterocycles. The number of aromatic hydroxyl groups is 1. The van der Waals surface area contributed by atoms with Gasteiger partial charge in [-0.1, -0.05) is 6.07 Å². The molecule has 0 radical (unpaired) electrons. The third kappa shape index (κ3) is 2.36. The van der Waals surface area contributed by atoms with Gasteiger partial charge in [-0.3, -0.25) is 9.69 Å². The van der Waals surface area contributed by atoms with Crippen molar-refractivity contribution < 1.29 is 14.3 Å². The van der Waals surface area contributed by atoms with E-state index >= 15 is 0 Å². The average Bonchev–Trinajstić information content (AvgIpc) is 2.37. The first-order valence-electron chi connectivity index (χ1n) is 6.88. The predicted molar refractivity (Wildman–Crippen MR) is 72.2 cm³/mol. The van der Waals surface area contributed by atoms with E-state index in [0.29, 0.717) is 19.1 Å². The summed E-state index contributed by atoms with van der Waals surface area (Å²) in [5.74, 6) is -1.38. The second-order valence-electron chi connectivity index (χ2n) is 5.27. The van der Waals surface area contributed by atoms with Crippen LogP contribution < -0.4 is 5.32 Å². The van der Waals surface area contributed by atoms with Gasteiger partial charge in [-0.25, -0.2) is 4.39 Å². The first-order chi connectivity index (χ1) is 9.66. The summed E-state index contributed by atoms with van der Waals surface area (Å²) in [4.78, 5) is 16.3. The lowest BCUT2D eigenvalue weighted by Crippen LogP contribution is -2.62. The first kappa shape index (κ1) is 13.3. The molecular weight excluding hydrogens is 261 g/mol. The number of rotatable bonds is 2. The Kier molecular flexibility index (Phi) is 3.58. The van der Waals surface area contributed by atoms with Crippen LogP contribution >= 0.6 is 0 Å². The van der Waals surface area contributed by atoms with E-state index in [1.807, 2.05) is 0 Å². The molecule has 108 valence electrons. The van der Waals surface area contributed by atoms with Crippen LogP contribution in [-0.4, -0.2) is 66.1 Å². The maximum absolute atomic E-state index is 13.7. The normalized spacial score (nSPS) is 20.8. The number of carbonyl (C=O) groups excluding carboxylic acids is 1. The summed E-state index contributed by atoms with van der Waals surface area (Å²) in [5, 5.41) is 12.9. The number of piperazine rings is 1. The van der Waals surface area contributed by atoms with Crippen LogP contribution in [0.2, 0.25) is 0 Å². The van der Waals surface area contributed by atoms with Crippen molar-refractivity contribution in [1.29, 1.82) is 0 Å². The fourth-order valence-corrected chi connectivity index (χ4v) is 2.70. The Morgan fingerprint density at radius 3 is 2.50 bits per heavy atom. The summed E-state index contributed by atoms with van der Waals surface area (Å²) >= 11 is 0. The standard InChI is InChI=1S/C14H18FN3O2/c15-11-2-1-3-12(19)13(11)14(20)18-6-4-17(5-7-18)10-8-16-9-10/h1-3,10,16,19H,4-9H2. The number of hydrogen-bond acceptors (Lipinski definition) is 4. The Morgan fingerprint density at radius 2 is 1.95 bits per heavy atom. The molecular formula is C14H18FN3O2. The number of halogens is 1. The zero-order valence-corrected chi connectivity index (χ0v) is 11.2. The largest absolute Gasteiger partial charge is 0.507 e. The van der Waals surface area contributed by atoms with Gasteiger partial charge in [0.25, 0.3) is 5.91 Å². The Hall–Kier alpha value is -1.66. The molecule has 6 heteroatoms. The third-order valence-corrected chi connectivity index (χ3v) is 4.08. The monoisotopic (exact) mass is 279 g/mol. The van der Waals surface area contributed by atoms with Gasteiger partial charge in [0.15, 0.2) is 0 Å². The molecule has 2 fully saturated rings. The fraction of sp³-hybridized carbons (Fsp3) is 0.500. The van der Waals surface area contributed by atoms with Crippen LogP contribution in [0.5, 0.6) is 5.75 Å². The maximum atomic E-state index is 13.7. The van der Waals surface area contributed by atoms with Crippen molar-refractivity contribution >= 4 is 5.91 Å². The van der Waals surface area contributed by atoms with Crippen molar-refractivity contribution in [1.82, 2.24) is 15.1 Å². The number of hydrogen-bond donors (Lipinski definition) is 2. The van der Waals surface area contributed by atoms with Gasteiger partial charge >= 0.3 is 0 Å². The third-order valence-electron chi connectivity index (χ3n) is 4.08. The van der Waals surface area contributed by atoms with Crippen molar-refractivity contribution in [3.8, 4) is 5.75 Å². The van der Waals surface area contributed by atoms with E-state index in [1.54, 1.807) is 4.90 Å². The van der Waals surface area contributed by atoms with Crippen LogP contribution in [0.1, 0.15) is 10.4 Å². The number of benzene rings is 1. The zero-order chi connectivity index (χ0) is 14.1. The number of phenols is 1. The molecule has 1 aromatic rings. The minimum atomic E-state index is -0.666. The molecule has 0 aliphatic carbocycles. The maximum Gasteiger partial charge on any atom is 0.260 e. The van der Waals surface area contributed by atoms with E-state index in [2.05, 4.69) is 10.2 Å². The highest BCUT2D eigenvalue weighted by atomic mass is 19.1. The van der Waals surface area contributed by atoms with Gasteiger partial charge in [0.2, 0.25) is 0 Å². The SMILES string of the molecule is O=C(c1c(O)cccc1F)N1CCN(C2CNC2)CC1. The highest BCUT2D eigenvalue weighted by Crippen LogP contribution is 2.22. The number of nitrogens with one attached hydrogen (secondary N) is 1. The van der Waals surface area contributed by atoms with E-state index in [9.17, 15) is 14.3 Å². The summed E-state index contributed by atoms with van der Waals surface area (Å²) in [6.07, 6.45) is 0. The lowest BCUT2D eigenvalue weighted by atomic mass is 10.1. The van der Waals surface area contributed by atoms with E-state index in [1.165, 1.54) is 18.2 Å². The molecule has 2 aliphatic heterocycles. The first-order valence-corrected chi connectivity index (χ1v) is 6.88. The smallest absolute Gasteiger partial charge is 0.260 e. The molecule has 2 heterocycles. The second-order valence-corrected chi connectivity index (χ2v) is 5.27. The number of amides is 1. The second kappa shape index (κ2) is 5.38. The Balaban J connectivity index is 1.67. The van der Waals surface area contributed by atoms with Crippen LogP contribution in [0, 0.1) is 5.82 Å². The quantitative estimate of drug-likeness (QED) is 0.815. The molecule has 1 aromatic carbocycles. The highest BCUT2D eigenvalue weighted by Gasteiger charge is 2.30. The van der Waals surface area contributed by atoms with Crippen LogP contribution in [0.15, 0.2) is 18.2 Å². The van der Waals surface area contributed by atoms with Gasteiger partial charge in [-0.2, -0.15) is 0 Å². The van der Waals surface area contributed by atoms with E-state index in [-0.39, 0.29) is 11.3 Å². The summed E-state index contributed by atoms with van der Waals surface area (Å²) in [6.45, 7) is 4.75. The molecule has 0 saturated carbocycles. The Bertz CT molecular complexity index is 491. The van der Waals surface area contributed by atoms with Gasteiger partial charge in [-0.15, -0.1) is 0 Å². The number of carbonyl (C=O) groups is 1. The molecule has 2 N–H and O–H groups in total. The average molecular weight is 279 g/mol. The summed E-state index contributed by atoms with van der Waals surface area (Å²) in [6, 6.07) is 4.49. The Morgan fingerprint density at radius 1 is 1.25 bits per heavy atom. The Labute approximate surface area is 117 Å². The molecule has 0 atom stereocenters. The van der Waals surface area contributed by atoms with Crippen molar-refractivity contribution in [2.75, 3.05) is 39.3 Å². The summed E-state index contributed by atoms with van der Waals surface area (Å²) < 4.78 is 13.7. The van der Waals surface area contributed by atoms with E-state index in [0.717, 1.165) is 26.2 Å². The van der Waals surface area contributed by atoms with Gasteiger partial charge in [-0.05, 0) is 12.1 Å². The molecule has 5 nitrogen and oxygen atoms in total. The predicted octanol–water partition coefficient (Wildman–Crippen LogP) is 0.261.